The van der Waals surface area contributed by atoms with Gasteiger partial charge in [-0.15, -0.1) is 0 Å². The number of nitrogens with one attached hydrogen (secondary N) is 1. The molecule has 0 saturated heterocycles. The van der Waals surface area contributed by atoms with Crippen molar-refractivity contribution in [3.8, 4) is 0 Å². The van der Waals surface area contributed by atoms with Gasteiger partial charge in [0, 0.05) is 15.6 Å². The zero-order chi connectivity index (χ0) is 15.3. The van der Waals surface area contributed by atoms with Crippen LogP contribution in [0.4, 0.5) is 0 Å². The molecule has 2 atom stereocenters. The third-order valence-corrected chi connectivity index (χ3v) is 3.52. The second-order valence-electron chi connectivity index (χ2n) is 4.52. The third-order valence-electron chi connectivity index (χ3n) is 3.08. The molecule has 1 aromatic rings. The number of methoxy groups -OCH3 is 1. The van der Waals surface area contributed by atoms with E-state index in [4.69, 9.17) is 27.9 Å². The smallest absolute Gasteiger partial charge is 0.328 e. The van der Waals surface area contributed by atoms with Gasteiger partial charge in [0.15, 0.2) is 0 Å². The lowest BCUT2D eigenvalue weighted by atomic mass is 9.99. The third kappa shape index (κ3) is 4.39. The van der Waals surface area contributed by atoms with Crippen molar-refractivity contribution in [2.45, 2.75) is 26.3 Å². The summed E-state index contributed by atoms with van der Waals surface area (Å²) >= 11 is 11.7. The maximum absolute atomic E-state index is 12.2. The Hall–Kier alpha value is -1.26. The summed E-state index contributed by atoms with van der Waals surface area (Å²) in [6.45, 7) is 3.80. The Morgan fingerprint density at radius 3 is 2.25 bits per heavy atom. The van der Waals surface area contributed by atoms with Gasteiger partial charge in [0.1, 0.15) is 6.04 Å². The minimum absolute atomic E-state index is 0.0407. The number of benzene rings is 1. The van der Waals surface area contributed by atoms with Crippen LogP contribution in [-0.4, -0.2) is 25.0 Å². The number of carbonyl (C=O) groups is 2. The molecule has 0 saturated carbocycles. The van der Waals surface area contributed by atoms with Crippen molar-refractivity contribution in [3.63, 3.8) is 0 Å². The highest BCUT2D eigenvalue weighted by Crippen LogP contribution is 2.19. The fraction of sp³-hybridized carbons (Fsp3) is 0.429. The summed E-state index contributed by atoms with van der Waals surface area (Å²) in [4.78, 5) is 23.9. The molecule has 0 aliphatic carbocycles. The largest absolute Gasteiger partial charge is 0.467 e. The molecule has 0 radical (unpaired) electrons. The molecule has 6 heteroatoms. The van der Waals surface area contributed by atoms with Crippen molar-refractivity contribution < 1.29 is 14.3 Å². The summed E-state index contributed by atoms with van der Waals surface area (Å²) in [7, 11) is 1.29. The molecule has 1 amide bonds. The molecule has 4 nitrogen and oxygen atoms in total. The predicted octanol–water partition coefficient (Wildman–Crippen LogP) is 3.31. The minimum atomic E-state index is -0.699. The molecule has 0 aliphatic rings. The van der Waals surface area contributed by atoms with Gasteiger partial charge in [0.05, 0.1) is 7.11 Å². The molecule has 110 valence electrons. The molecule has 0 aromatic heterocycles. The first-order chi connectivity index (χ1) is 9.38. The van der Waals surface area contributed by atoms with Crippen LogP contribution < -0.4 is 5.32 Å². The van der Waals surface area contributed by atoms with Crippen molar-refractivity contribution in [3.05, 3.63) is 33.8 Å². The normalized spacial score (nSPS) is 13.4. The Bertz CT molecular complexity index is 485. The lowest BCUT2D eigenvalue weighted by molar-refractivity contribution is -0.144. The number of esters is 1. The Morgan fingerprint density at radius 1 is 1.25 bits per heavy atom. The molecular formula is C14H17Cl2NO3. The quantitative estimate of drug-likeness (QED) is 0.848. The van der Waals surface area contributed by atoms with Crippen molar-refractivity contribution in [1.82, 2.24) is 5.32 Å². The summed E-state index contributed by atoms with van der Waals surface area (Å²) in [6.07, 6.45) is 0.732. The van der Waals surface area contributed by atoms with Crippen molar-refractivity contribution in [2.75, 3.05) is 7.11 Å². The van der Waals surface area contributed by atoms with E-state index in [0.717, 1.165) is 6.42 Å². The van der Waals surface area contributed by atoms with Gasteiger partial charge >= 0.3 is 5.97 Å². The molecule has 1 aromatic carbocycles. The molecule has 20 heavy (non-hydrogen) atoms. The van der Waals surface area contributed by atoms with E-state index in [9.17, 15) is 9.59 Å². The minimum Gasteiger partial charge on any atom is -0.467 e. The van der Waals surface area contributed by atoms with Gasteiger partial charge in [-0.2, -0.15) is 0 Å². The van der Waals surface area contributed by atoms with Crippen LogP contribution in [0.25, 0.3) is 0 Å². The van der Waals surface area contributed by atoms with Crippen molar-refractivity contribution >= 4 is 35.1 Å². The Morgan fingerprint density at radius 2 is 1.80 bits per heavy atom. The summed E-state index contributed by atoms with van der Waals surface area (Å²) in [5.74, 6) is -0.924. The Kier molecular flexibility index (Phi) is 6.30. The highest BCUT2D eigenvalue weighted by molar-refractivity contribution is 6.35. The van der Waals surface area contributed by atoms with Gasteiger partial charge in [0.2, 0.25) is 0 Å². The monoisotopic (exact) mass is 317 g/mol. The van der Waals surface area contributed by atoms with Crippen LogP contribution in [0.15, 0.2) is 18.2 Å². The molecule has 0 fully saturated rings. The van der Waals surface area contributed by atoms with E-state index in [1.807, 2.05) is 13.8 Å². The highest BCUT2D eigenvalue weighted by Gasteiger charge is 2.27. The van der Waals surface area contributed by atoms with Crippen LogP contribution in [0.2, 0.25) is 10.0 Å². The molecule has 0 bridgehead atoms. The first-order valence-electron chi connectivity index (χ1n) is 6.23. The lowest BCUT2D eigenvalue weighted by Crippen LogP contribution is -2.45. The molecule has 1 N–H and O–H groups in total. The number of hydrogen-bond acceptors (Lipinski definition) is 3. The average Bonchev–Trinajstić information content (AvgIpc) is 2.41. The van der Waals surface area contributed by atoms with E-state index in [0.29, 0.717) is 15.6 Å². The summed E-state index contributed by atoms with van der Waals surface area (Å²) in [5.41, 5.74) is 0.305. The maximum Gasteiger partial charge on any atom is 0.328 e. The zero-order valence-electron chi connectivity index (χ0n) is 11.6. The van der Waals surface area contributed by atoms with E-state index in [-0.39, 0.29) is 5.92 Å². The van der Waals surface area contributed by atoms with Gasteiger partial charge in [0.25, 0.3) is 5.91 Å². The van der Waals surface area contributed by atoms with Crippen LogP contribution in [0.5, 0.6) is 0 Å². The topological polar surface area (TPSA) is 55.4 Å². The fourth-order valence-corrected chi connectivity index (χ4v) is 2.23. The first-order valence-corrected chi connectivity index (χ1v) is 6.99. The van der Waals surface area contributed by atoms with E-state index < -0.39 is 17.9 Å². The number of rotatable bonds is 5. The second-order valence-corrected chi connectivity index (χ2v) is 5.39. The van der Waals surface area contributed by atoms with Gasteiger partial charge in [-0.1, -0.05) is 43.5 Å². The number of amides is 1. The molecule has 0 spiro atoms. The van der Waals surface area contributed by atoms with Crippen molar-refractivity contribution in [2.24, 2.45) is 5.92 Å². The van der Waals surface area contributed by atoms with Crippen LogP contribution in [0, 0.1) is 5.92 Å². The molecule has 0 aliphatic heterocycles. The van der Waals surface area contributed by atoms with Gasteiger partial charge in [-0.25, -0.2) is 4.79 Å². The van der Waals surface area contributed by atoms with E-state index in [1.54, 1.807) is 0 Å². The standard InChI is InChI=1S/C14H17Cl2NO3/c1-4-8(2)12(14(19)20-3)17-13(18)9-5-10(15)7-11(16)6-9/h5-8,12H,4H2,1-3H3,(H,17,18)/t8-,12-/m1/s1. The van der Waals surface area contributed by atoms with Crippen LogP contribution in [0.1, 0.15) is 30.6 Å². The Balaban J connectivity index is 2.93. The van der Waals surface area contributed by atoms with E-state index in [2.05, 4.69) is 5.32 Å². The van der Waals surface area contributed by atoms with Gasteiger partial charge < -0.3 is 10.1 Å². The highest BCUT2D eigenvalue weighted by atomic mass is 35.5. The predicted molar refractivity (Wildman–Crippen MR) is 79.2 cm³/mol. The first kappa shape index (κ1) is 16.8. The van der Waals surface area contributed by atoms with Crippen LogP contribution in [0.3, 0.4) is 0 Å². The zero-order valence-corrected chi connectivity index (χ0v) is 13.1. The Labute approximate surface area is 128 Å². The lowest BCUT2D eigenvalue weighted by Gasteiger charge is -2.21. The van der Waals surface area contributed by atoms with Gasteiger partial charge in [-0.3, -0.25) is 4.79 Å². The number of halogens is 2. The summed E-state index contributed by atoms with van der Waals surface area (Å²) in [5, 5.41) is 3.38. The molecule has 0 unspecified atom stereocenters. The summed E-state index contributed by atoms with van der Waals surface area (Å²) < 4.78 is 4.71. The van der Waals surface area contributed by atoms with Gasteiger partial charge in [-0.05, 0) is 24.1 Å². The van der Waals surface area contributed by atoms with Crippen LogP contribution in [-0.2, 0) is 9.53 Å². The number of carbonyl (C=O) groups excluding carboxylic acids is 2. The van der Waals surface area contributed by atoms with Crippen molar-refractivity contribution in [1.29, 1.82) is 0 Å². The van der Waals surface area contributed by atoms with E-state index >= 15 is 0 Å². The van der Waals surface area contributed by atoms with Crippen LogP contribution >= 0.6 is 23.2 Å². The molecule has 1 rings (SSSR count). The second kappa shape index (κ2) is 7.50. The van der Waals surface area contributed by atoms with E-state index in [1.165, 1.54) is 25.3 Å². The number of hydrogen-bond donors (Lipinski definition) is 1. The molecular weight excluding hydrogens is 301 g/mol. The number of ether oxygens (including phenoxy) is 1. The fourth-order valence-electron chi connectivity index (χ4n) is 1.71. The average molecular weight is 318 g/mol. The summed E-state index contributed by atoms with van der Waals surface area (Å²) in [6, 6.07) is 3.82. The molecule has 0 heterocycles. The maximum atomic E-state index is 12.2. The SMILES string of the molecule is CC[C@@H](C)[C@@H](NC(=O)c1cc(Cl)cc(Cl)c1)C(=O)OC.